The molecule has 0 bridgehead atoms. The lowest BCUT2D eigenvalue weighted by molar-refractivity contribution is -0.129. The minimum absolute atomic E-state index is 0.0521. The SMILES string of the molecule is C/C(=C\[C@@H](C)C(=O)c1ccc(N(C)C)cc1)CCC(=O)NO. The molecule has 22 heavy (non-hydrogen) atoms. The number of Topliss-reactive ketones (excluding diaryl/α,β-unsaturated/α-hetero) is 1. The van der Waals surface area contributed by atoms with E-state index in [0.29, 0.717) is 12.0 Å². The summed E-state index contributed by atoms with van der Waals surface area (Å²) in [5, 5.41) is 8.45. The normalized spacial score (nSPS) is 12.7. The average molecular weight is 304 g/mol. The molecule has 1 aromatic carbocycles. The summed E-state index contributed by atoms with van der Waals surface area (Å²) >= 11 is 0. The van der Waals surface area contributed by atoms with Gasteiger partial charge >= 0.3 is 0 Å². The third-order valence-electron chi connectivity index (χ3n) is 3.49. The number of allylic oxidation sites excluding steroid dienone is 2. The first-order valence-electron chi connectivity index (χ1n) is 7.27. The van der Waals surface area contributed by atoms with Gasteiger partial charge in [-0.05, 0) is 37.6 Å². The van der Waals surface area contributed by atoms with Gasteiger partial charge in [-0.15, -0.1) is 0 Å². The van der Waals surface area contributed by atoms with Crippen molar-refractivity contribution in [3.05, 3.63) is 41.5 Å². The Bertz CT molecular complexity index is 548. The lowest BCUT2D eigenvalue weighted by Gasteiger charge is -2.13. The Balaban J connectivity index is 2.69. The smallest absolute Gasteiger partial charge is 0.243 e. The molecular weight excluding hydrogens is 280 g/mol. The second kappa shape index (κ2) is 8.34. The van der Waals surface area contributed by atoms with E-state index in [2.05, 4.69) is 0 Å². The maximum absolute atomic E-state index is 12.4. The van der Waals surface area contributed by atoms with E-state index in [1.807, 2.05) is 63.2 Å². The predicted molar refractivity (Wildman–Crippen MR) is 87.2 cm³/mol. The first-order chi connectivity index (χ1) is 10.3. The van der Waals surface area contributed by atoms with Crippen LogP contribution in [-0.2, 0) is 4.79 Å². The highest BCUT2D eigenvalue weighted by Crippen LogP contribution is 2.17. The number of hydroxylamine groups is 1. The monoisotopic (exact) mass is 304 g/mol. The van der Waals surface area contributed by atoms with Crippen LogP contribution in [0.2, 0.25) is 0 Å². The molecule has 2 N–H and O–H groups in total. The Kier molecular flexibility index (Phi) is 6.79. The van der Waals surface area contributed by atoms with Crippen LogP contribution >= 0.6 is 0 Å². The number of rotatable bonds is 7. The molecule has 0 aliphatic carbocycles. The molecule has 0 fully saturated rings. The largest absolute Gasteiger partial charge is 0.378 e. The summed E-state index contributed by atoms with van der Waals surface area (Å²) in [6, 6.07) is 7.50. The first kappa shape index (κ1) is 17.9. The van der Waals surface area contributed by atoms with Gasteiger partial charge in [0, 0.05) is 37.7 Å². The quantitative estimate of drug-likeness (QED) is 0.352. The van der Waals surface area contributed by atoms with Crippen LogP contribution in [0.5, 0.6) is 0 Å². The zero-order valence-corrected chi connectivity index (χ0v) is 13.6. The fourth-order valence-corrected chi connectivity index (χ4v) is 2.14. The van der Waals surface area contributed by atoms with Crippen molar-refractivity contribution in [2.75, 3.05) is 19.0 Å². The number of anilines is 1. The van der Waals surface area contributed by atoms with Gasteiger partial charge in [0.15, 0.2) is 5.78 Å². The van der Waals surface area contributed by atoms with E-state index >= 15 is 0 Å². The van der Waals surface area contributed by atoms with Gasteiger partial charge in [-0.2, -0.15) is 0 Å². The van der Waals surface area contributed by atoms with Gasteiger partial charge in [-0.1, -0.05) is 18.6 Å². The summed E-state index contributed by atoms with van der Waals surface area (Å²) in [6.07, 6.45) is 2.59. The topological polar surface area (TPSA) is 69.6 Å². The Labute approximate surface area is 131 Å². The summed E-state index contributed by atoms with van der Waals surface area (Å²) in [4.78, 5) is 25.3. The van der Waals surface area contributed by atoms with Crippen molar-refractivity contribution in [3.63, 3.8) is 0 Å². The number of carbonyl (C=O) groups excluding carboxylic acids is 2. The maximum atomic E-state index is 12.4. The molecule has 0 radical (unpaired) electrons. The van der Waals surface area contributed by atoms with Crippen LogP contribution in [0.4, 0.5) is 5.69 Å². The van der Waals surface area contributed by atoms with E-state index in [-0.39, 0.29) is 18.1 Å². The van der Waals surface area contributed by atoms with E-state index in [1.54, 1.807) is 5.48 Å². The van der Waals surface area contributed by atoms with Crippen molar-refractivity contribution in [3.8, 4) is 0 Å². The Morgan fingerprint density at radius 3 is 2.32 bits per heavy atom. The van der Waals surface area contributed by atoms with Crippen molar-refractivity contribution in [2.45, 2.75) is 26.7 Å². The number of hydrogen-bond acceptors (Lipinski definition) is 4. The summed E-state index contributed by atoms with van der Waals surface area (Å²) < 4.78 is 0. The van der Waals surface area contributed by atoms with Crippen LogP contribution in [-0.4, -0.2) is 31.0 Å². The number of hydrogen-bond donors (Lipinski definition) is 2. The number of benzene rings is 1. The highest BCUT2D eigenvalue weighted by Gasteiger charge is 2.13. The number of ketones is 1. The standard InChI is InChI=1S/C17H24N2O3/c1-12(5-10-16(20)18-22)11-13(2)17(21)14-6-8-15(9-7-14)19(3)4/h6-9,11,13,22H,5,10H2,1-4H3,(H,18,20)/b12-11+/t13-/m1/s1. The van der Waals surface area contributed by atoms with Crippen molar-refractivity contribution in [1.82, 2.24) is 5.48 Å². The van der Waals surface area contributed by atoms with Gasteiger partial charge in [0.05, 0.1) is 0 Å². The van der Waals surface area contributed by atoms with Crippen molar-refractivity contribution in [2.24, 2.45) is 5.92 Å². The van der Waals surface area contributed by atoms with Gasteiger partial charge in [0.2, 0.25) is 5.91 Å². The molecule has 5 heteroatoms. The van der Waals surface area contributed by atoms with E-state index in [4.69, 9.17) is 5.21 Å². The molecule has 0 saturated heterocycles. The van der Waals surface area contributed by atoms with E-state index < -0.39 is 5.91 Å². The molecule has 1 rings (SSSR count). The lowest BCUT2D eigenvalue weighted by atomic mass is 9.96. The van der Waals surface area contributed by atoms with Gasteiger partial charge < -0.3 is 4.90 Å². The van der Waals surface area contributed by atoms with Gasteiger partial charge in [-0.25, -0.2) is 5.48 Å². The number of nitrogens with zero attached hydrogens (tertiary/aromatic N) is 1. The Morgan fingerprint density at radius 2 is 1.82 bits per heavy atom. The highest BCUT2D eigenvalue weighted by atomic mass is 16.5. The van der Waals surface area contributed by atoms with Crippen molar-refractivity contribution >= 4 is 17.4 Å². The molecule has 120 valence electrons. The van der Waals surface area contributed by atoms with Gasteiger partial charge in [0.1, 0.15) is 0 Å². The van der Waals surface area contributed by atoms with Crippen LogP contribution in [0.3, 0.4) is 0 Å². The molecule has 0 spiro atoms. The number of amides is 1. The van der Waals surface area contributed by atoms with E-state index in [0.717, 1.165) is 11.3 Å². The van der Waals surface area contributed by atoms with Crippen molar-refractivity contribution in [1.29, 1.82) is 0 Å². The highest BCUT2D eigenvalue weighted by molar-refractivity contribution is 5.99. The molecule has 1 aromatic rings. The van der Waals surface area contributed by atoms with Crippen LogP contribution in [0.25, 0.3) is 0 Å². The molecule has 0 aromatic heterocycles. The first-order valence-corrected chi connectivity index (χ1v) is 7.27. The summed E-state index contributed by atoms with van der Waals surface area (Å²) in [7, 11) is 3.90. The predicted octanol–water partition coefficient (Wildman–Crippen LogP) is 2.80. The molecule has 5 nitrogen and oxygen atoms in total. The van der Waals surface area contributed by atoms with Gasteiger partial charge in [0.25, 0.3) is 0 Å². The third-order valence-corrected chi connectivity index (χ3v) is 3.49. The fraction of sp³-hybridized carbons (Fsp3) is 0.412. The zero-order chi connectivity index (χ0) is 16.7. The van der Waals surface area contributed by atoms with Gasteiger partial charge in [-0.3, -0.25) is 14.8 Å². The second-order valence-corrected chi connectivity index (χ2v) is 5.64. The van der Waals surface area contributed by atoms with Crippen LogP contribution in [0.1, 0.15) is 37.0 Å². The summed E-state index contributed by atoms with van der Waals surface area (Å²) in [5.41, 5.74) is 4.28. The molecule has 0 unspecified atom stereocenters. The molecule has 0 aliphatic rings. The Hall–Kier alpha value is -2.14. The molecule has 1 amide bonds. The average Bonchev–Trinajstić information content (AvgIpc) is 2.51. The van der Waals surface area contributed by atoms with Crippen LogP contribution in [0, 0.1) is 5.92 Å². The van der Waals surface area contributed by atoms with Crippen LogP contribution < -0.4 is 10.4 Å². The third kappa shape index (κ3) is 5.33. The Morgan fingerprint density at radius 1 is 1.23 bits per heavy atom. The second-order valence-electron chi connectivity index (χ2n) is 5.64. The molecule has 0 saturated carbocycles. The lowest BCUT2D eigenvalue weighted by Crippen LogP contribution is -2.18. The van der Waals surface area contributed by atoms with Crippen molar-refractivity contribution < 1.29 is 14.8 Å². The summed E-state index contributed by atoms with van der Waals surface area (Å²) in [5.74, 6) is -0.621. The van der Waals surface area contributed by atoms with E-state index in [9.17, 15) is 9.59 Å². The maximum Gasteiger partial charge on any atom is 0.243 e. The summed E-state index contributed by atoms with van der Waals surface area (Å²) in [6.45, 7) is 3.72. The number of nitrogens with one attached hydrogen (secondary N) is 1. The minimum atomic E-state index is -0.425. The molecule has 1 atom stereocenters. The van der Waals surface area contributed by atoms with E-state index in [1.165, 1.54) is 0 Å². The zero-order valence-electron chi connectivity index (χ0n) is 13.6. The number of carbonyl (C=O) groups is 2. The fourth-order valence-electron chi connectivity index (χ4n) is 2.14. The molecular formula is C17H24N2O3. The minimum Gasteiger partial charge on any atom is -0.378 e. The molecule has 0 heterocycles. The van der Waals surface area contributed by atoms with Crippen LogP contribution in [0.15, 0.2) is 35.9 Å². The molecule has 0 aliphatic heterocycles.